The lowest BCUT2D eigenvalue weighted by Gasteiger charge is -2.21. The Kier molecular flexibility index (Phi) is 9.41. The second-order valence-electron chi connectivity index (χ2n) is 7.21. The van der Waals surface area contributed by atoms with Crippen LogP contribution < -0.4 is 5.32 Å². The lowest BCUT2D eigenvalue weighted by Crippen LogP contribution is -2.25. The maximum Gasteiger partial charge on any atom is 0.0720 e. The van der Waals surface area contributed by atoms with Gasteiger partial charge in [-0.05, 0) is 44.3 Å². The van der Waals surface area contributed by atoms with E-state index in [1.807, 2.05) is 0 Å². The third-order valence-corrected chi connectivity index (χ3v) is 6.53. The first kappa shape index (κ1) is 19.2. The molecular weight excluding hydrogens is 282 g/mol. The maximum atomic E-state index is 3.60. The van der Waals surface area contributed by atoms with Crippen LogP contribution in [0, 0.1) is 0 Å². The van der Waals surface area contributed by atoms with Gasteiger partial charge in [0.15, 0.2) is 0 Å². The van der Waals surface area contributed by atoms with Crippen molar-refractivity contribution in [2.75, 3.05) is 13.1 Å². The van der Waals surface area contributed by atoms with Gasteiger partial charge in [0.2, 0.25) is 0 Å². The standard InChI is InChI=1S/C20H35NSi/c1-5-6-8-14-20(22(2,3)4)15-11-17-21-18-16-19-12-9-7-10-13-19/h7,9-10,12-14,21H,5-6,8,11,15-18H2,1-4H3/b20-14-. The molecule has 124 valence electrons. The van der Waals surface area contributed by atoms with E-state index in [0.29, 0.717) is 0 Å². The molecule has 0 radical (unpaired) electrons. The highest BCUT2D eigenvalue weighted by atomic mass is 28.3. The van der Waals surface area contributed by atoms with Crippen molar-refractivity contribution >= 4 is 8.07 Å². The minimum atomic E-state index is -1.12. The van der Waals surface area contributed by atoms with Crippen molar-refractivity contribution in [1.82, 2.24) is 5.32 Å². The van der Waals surface area contributed by atoms with Gasteiger partial charge in [-0.25, -0.2) is 0 Å². The van der Waals surface area contributed by atoms with Crippen LogP contribution >= 0.6 is 0 Å². The highest BCUT2D eigenvalue weighted by Crippen LogP contribution is 2.20. The molecule has 2 heteroatoms. The zero-order chi connectivity index (χ0) is 16.3. The van der Waals surface area contributed by atoms with E-state index in [1.165, 1.54) is 37.7 Å². The molecule has 0 aliphatic rings. The molecule has 0 bridgehead atoms. The van der Waals surface area contributed by atoms with Crippen molar-refractivity contribution in [1.29, 1.82) is 0 Å². The molecule has 1 N–H and O–H groups in total. The summed E-state index contributed by atoms with van der Waals surface area (Å²) in [5.74, 6) is 0. The minimum absolute atomic E-state index is 1.09. The number of rotatable bonds is 11. The van der Waals surface area contributed by atoms with Crippen LogP contribution in [-0.2, 0) is 6.42 Å². The van der Waals surface area contributed by atoms with E-state index in [-0.39, 0.29) is 0 Å². The molecule has 0 spiro atoms. The summed E-state index contributed by atoms with van der Waals surface area (Å²) < 4.78 is 0. The van der Waals surface area contributed by atoms with Gasteiger partial charge >= 0.3 is 0 Å². The molecule has 1 nitrogen and oxygen atoms in total. The molecule has 0 aliphatic heterocycles. The fraction of sp³-hybridized carbons (Fsp3) is 0.600. The van der Waals surface area contributed by atoms with E-state index >= 15 is 0 Å². The monoisotopic (exact) mass is 317 g/mol. The Morgan fingerprint density at radius 2 is 1.77 bits per heavy atom. The third-order valence-electron chi connectivity index (χ3n) is 4.14. The maximum absolute atomic E-state index is 3.60. The predicted octanol–water partition coefficient (Wildman–Crippen LogP) is 5.59. The molecule has 0 aliphatic carbocycles. The molecule has 0 atom stereocenters. The van der Waals surface area contributed by atoms with Crippen molar-refractivity contribution in [3.05, 3.63) is 47.2 Å². The van der Waals surface area contributed by atoms with Crippen LogP contribution in [0.3, 0.4) is 0 Å². The Bertz CT molecular complexity index is 417. The molecule has 0 heterocycles. The second kappa shape index (κ2) is 10.8. The molecule has 1 aromatic rings. The van der Waals surface area contributed by atoms with Crippen molar-refractivity contribution in [2.24, 2.45) is 0 Å². The highest BCUT2D eigenvalue weighted by Gasteiger charge is 2.18. The summed E-state index contributed by atoms with van der Waals surface area (Å²) in [6.45, 7) is 11.9. The highest BCUT2D eigenvalue weighted by molar-refractivity contribution is 6.83. The number of allylic oxidation sites excluding steroid dienone is 2. The molecule has 0 amide bonds. The van der Waals surface area contributed by atoms with Crippen LogP contribution in [0.1, 0.15) is 44.6 Å². The molecule has 0 fully saturated rings. The van der Waals surface area contributed by atoms with E-state index in [0.717, 1.165) is 19.5 Å². The van der Waals surface area contributed by atoms with Crippen LogP contribution in [0.4, 0.5) is 0 Å². The minimum Gasteiger partial charge on any atom is -0.316 e. The fourth-order valence-electron chi connectivity index (χ4n) is 2.67. The van der Waals surface area contributed by atoms with E-state index in [9.17, 15) is 0 Å². The average molecular weight is 318 g/mol. The number of benzene rings is 1. The van der Waals surface area contributed by atoms with Crippen LogP contribution in [0.25, 0.3) is 0 Å². The first-order chi connectivity index (χ1) is 10.5. The normalized spacial score (nSPS) is 12.6. The Morgan fingerprint density at radius 3 is 2.41 bits per heavy atom. The van der Waals surface area contributed by atoms with Gasteiger partial charge in [-0.15, -0.1) is 0 Å². The number of unbranched alkanes of at least 4 members (excludes halogenated alkanes) is 2. The summed E-state index contributed by atoms with van der Waals surface area (Å²) in [5, 5.41) is 5.37. The molecule has 22 heavy (non-hydrogen) atoms. The molecule has 1 aromatic carbocycles. The topological polar surface area (TPSA) is 12.0 Å². The number of hydrogen-bond donors (Lipinski definition) is 1. The summed E-state index contributed by atoms with van der Waals surface area (Å²) in [7, 11) is -1.12. The molecular formula is C20H35NSi. The lowest BCUT2D eigenvalue weighted by molar-refractivity contribution is 0.649. The molecule has 0 unspecified atom stereocenters. The molecule has 1 rings (SSSR count). The van der Waals surface area contributed by atoms with Crippen molar-refractivity contribution < 1.29 is 0 Å². The Balaban J connectivity index is 2.21. The summed E-state index contributed by atoms with van der Waals surface area (Å²) in [5.41, 5.74) is 1.43. The van der Waals surface area contributed by atoms with Gasteiger partial charge in [0.1, 0.15) is 0 Å². The van der Waals surface area contributed by atoms with Crippen LogP contribution in [0.2, 0.25) is 19.6 Å². The predicted molar refractivity (Wildman–Crippen MR) is 103 cm³/mol. The molecule has 0 saturated carbocycles. The van der Waals surface area contributed by atoms with Gasteiger partial charge in [0.25, 0.3) is 0 Å². The quantitative estimate of drug-likeness (QED) is 0.414. The summed E-state index contributed by atoms with van der Waals surface area (Å²) >= 11 is 0. The summed E-state index contributed by atoms with van der Waals surface area (Å²) in [6, 6.07) is 10.7. The number of hydrogen-bond acceptors (Lipinski definition) is 1. The first-order valence-corrected chi connectivity index (χ1v) is 12.5. The Morgan fingerprint density at radius 1 is 1.05 bits per heavy atom. The van der Waals surface area contributed by atoms with Crippen LogP contribution in [0.15, 0.2) is 41.6 Å². The van der Waals surface area contributed by atoms with Crippen molar-refractivity contribution in [2.45, 2.75) is 65.1 Å². The van der Waals surface area contributed by atoms with Crippen molar-refractivity contribution in [3.8, 4) is 0 Å². The second-order valence-corrected chi connectivity index (χ2v) is 12.4. The Labute approximate surface area is 139 Å². The summed E-state index contributed by atoms with van der Waals surface area (Å²) in [6.07, 6.45) is 10.2. The zero-order valence-electron chi connectivity index (χ0n) is 15.1. The van der Waals surface area contributed by atoms with E-state index < -0.39 is 8.07 Å². The lowest BCUT2D eigenvalue weighted by atomic mass is 10.1. The summed E-state index contributed by atoms with van der Waals surface area (Å²) in [4.78, 5) is 0. The van der Waals surface area contributed by atoms with Gasteiger partial charge in [0.05, 0.1) is 8.07 Å². The van der Waals surface area contributed by atoms with E-state index in [4.69, 9.17) is 0 Å². The van der Waals surface area contributed by atoms with E-state index in [1.54, 1.807) is 5.20 Å². The Hall–Kier alpha value is -0.863. The molecule has 0 saturated heterocycles. The zero-order valence-corrected chi connectivity index (χ0v) is 16.1. The number of nitrogens with one attached hydrogen (secondary N) is 1. The van der Waals surface area contributed by atoms with Gasteiger partial charge in [-0.1, -0.05) is 81.0 Å². The first-order valence-electron chi connectivity index (χ1n) is 8.98. The fourth-order valence-corrected chi connectivity index (χ4v) is 4.35. The SMILES string of the molecule is CCCC/C=C(/CCCNCCc1ccccc1)[Si](C)(C)C. The van der Waals surface area contributed by atoms with Gasteiger partial charge < -0.3 is 5.32 Å². The van der Waals surface area contributed by atoms with Gasteiger partial charge in [0, 0.05) is 0 Å². The van der Waals surface area contributed by atoms with E-state index in [2.05, 4.69) is 68.3 Å². The van der Waals surface area contributed by atoms with Crippen LogP contribution in [0.5, 0.6) is 0 Å². The van der Waals surface area contributed by atoms with Gasteiger partial charge in [-0.3, -0.25) is 0 Å². The van der Waals surface area contributed by atoms with Gasteiger partial charge in [-0.2, -0.15) is 0 Å². The smallest absolute Gasteiger partial charge is 0.0720 e. The van der Waals surface area contributed by atoms with Crippen LogP contribution in [-0.4, -0.2) is 21.2 Å². The largest absolute Gasteiger partial charge is 0.316 e. The van der Waals surface area contributed by atoms with Crippen molar-refractivity contribution in [3.63, 3.8) is 0 Å². The molecule has 0 aromatic heterocycles. The third kappa shape index (κ3) is 8.55. The average Bonchev–Trinajstić information content (AvgIpc) is 2.49.